The van der Waals surface area contributed by atoms with E-state index in [1.165, 1.54) is 0 Å². The van der Waals surface area contributed by atoms with Gasteiger partial charge in [-0.1, -0.05) is 11.6 Å². The SMILES string of the molecule is CNCCCCS(=O)(=O)Nc1cc(C(F)(F)F)ccc1Cl. The molecule has 0 unspecified atom stereocenters. The monoisotopic (exact) mass is 344 g/mol. The summed E-state index contributed by atoms with van der Waals surface area (Å²) in [6, 6.07) is 2.50. The molecule has 1 rings (SSSR count). The van der Waals surface area contributed by atoms with Crippen LogP contribution in [-0.4, -0.2) is 27.8 Å². The lowest BCUT2D eigenvalue weighted by Crippen LogP contribution is -2.19. The molecule has 0 radical (unpaired) electrons. The van der Waals surface area contributed by atoms with E-state index in [4.69, 9.17) is 11.6 Å². The minimum atomic E-state index is -4.56. The van der Waals surface area contributed by atoms with Crippen LogP contribution in [0.25, 0.3) is 0 Å². The van der Waals surface area contributed by atoms with Crippen molar-refractivity contribution in [1.29, 1.82) is 0 Å². The van der Waals surface area contributed by atoms with Crippen LogP contribution < -0.4 is 10.0 Å². The first kappa shape index (κ1) is 18.1. The van der Waals surface area contributed by atoms with Crippen LogP contribution in [0.4, 0.5) is 18.9 Å². The van der Waals surface area contributed by atoms with Gasteiger partial charge in [0.15, 0.2) is 0 Å². The number of halogens is 4. The molecule has 0 bridgehead atoms. The molecule has 1 aromatic carbocycles. The Morgan fingerprint density at radius 3 is 2.48 bits per heavy atom. The predicted octanol–water partition coefficient (Wildman–Crippen LogP) is 3.10. The maximum Gasteiger partial charge on any atom is 0.416 e. The molecule has 0 amide bonds. The van der Waals surface area contributed by atoms with Crippen molar-refractivity contribution in [3.05, 3.63) is 28.8 Å². The van der Waals surface area contributed by atoms with Crippen LogP contribution in [0.2, 0.25) is 5.02 Å². The zero-order chi connectivity index (χ0) is 16.1. The first-order valence-electron chi connectivity index (χ1n) is 6.17. The van der Waals surface area contributed by atoms with Gasteiger partial charge in [0.25, 0.3) is 0 Å². The smallest absolute Gasteiger partial charge is 0.320 e. The van der Waals surface area contributed by atoms with E-state index >= 15 is 0 Å². The number of sulfonamides is 1. The van der Waals surface area contributed by atoms with Crippen molar-refractivity contribution in [2.24, 2.45) is 0 Å². The summed E-state index contributed by atoms with van der Waals surface area (Å²) in [4.78, 5) is 0. The van der Waals surface area contributed by atoms with E-state index in [1.807, 2.05) is 0 Å². The molecular formula is C12H16ClF3N2O2S. The summed E-state index contributed by atoms with van der Waals surface area (Å²) in [5, 5.41) is 2.79. The number of rotatable bonds is 7. The number of nitrogens with one attached hydrogen (secondary N) is 2. The van der Waals surface area contributed by atoms with Gasteiger partial charge in [-0.3, -0.25) is 4.72 Å². The first-order valence-corrected chi connectivity index (χ1v) is 8.20. The van der Waals surface area contributed by atoms with E-state index in [0.29, 0.717) is 25.5 Å². The van der Waals surface area contributed by atoms with Crippen molar-refractivity contribution >= 4 is 27.3 Å². The molecule has 0 fully saturated rings. The lowest BCUT2D eigenvalue weighted by Gasteiger charge is -2.12. The maximum absolute atomic E-state index is 12.6. The van der Waals surface area contributed by atoms with Crippen LogP contribution in [0.5, 0.6) is 0 Å². The summed E-state index contributed by atoms with van der Waals surface area (Å²) in [5.74, 6) is -0.179. The summed E-state index contributed by atoms with van der Waals surface area (Å²) in [7, 11) is -1.98. The number of unbranched alkanes of at least 4 members (excludes halogenated alkanes) is 1. The van der Waals surface area contributed by atoms with E-state index < -0.39 is 21.8 Å². The van der Waals surface area contributed by atoms with Crippen LogP contribution in [-0.2, 0) is 16.2 Å². The van der Waals surface area contributed by atoms with E-state index in [2.05, 4.69) is 10.0 Å². The Morgan fingerprint density at radius 1 is 1.24 bits per heavy atom. The zero-order valence-electron chi connectivity index (χ0n) is 11.3. The second-order valence-electron chi connectivity index (χ2n) is 4.42. The van der Waals surface area contributed by atoms with Gasteiger partial charge >= 0.3 is 6.18 Å². The lowest BCUT2D eigenvalue weighted by atomic mass is 10.2. The summed E-state index contributed by atoms with van der Waals surface area (Å²) >= 11 is 5.73. The highest BCUT2D eigenvalue weighted by atomic mass is 35.5. The van der Waals surface area contributed by atoms with Gasteiger partial charge in [0, 0.05) is 0 Å². The van der Waals surface area contributed by atoms with Crippen LogP contribution >= 0.6 is 11.6 Å². The molecule has 21 heavy (non-hydrogen) atoms. The van der Waals surface area contributed by atoms with Crippen molar-refractivity contribution in [2.75, 3.05) is 24.1 Å². The van der Waals surface area contributed by atoms with E-state index in [9.17, 15) is 21.6 Å². The van der Waals surface area contributed by atoms with Crippen molar-refractivity contribution in [3.8, 4) is 0 Å². The highest BCUT2D eigenvalue weighted by Crippen LogP contribution is 2.34. The zero-order valence-corrected chi connectivity index (χ0v) is 12.9. The van der Waals surface area contributed by atoms with Crippen LogP contribution in [0.3, 0.4) is 0 Å². The molecule has 0 saturated heterocycles. The molecule has 120 valence electrons. The average Bonchev–Trinajstić information content (AvgIpc) is 2.36. The third-order valence-corrected chi connectivity index (χ3v) is 4.34. The largest absolute Gasteiger partial charge is 0.416 e. The van der Waals surface area contributed by atoms with Crippen molar-refractivity contribution in [3.63, 3.8) is 0 Å². The fraction of sp³-hybridized carbons (Fsp3) is 0.500. The highest BCUT2D eigenvalue weighted by Gasteiger charge is 2.31. The number of alkyl halides is 3. The molecule has 0 aromatic heterocycles. The van der Waals surface area contributed by atoms with Gasteiger partial charge in [-0.15, -0.1) is 0 Å². The van der Waals surface area contributed by atoms with Gasteiger partial charge in [0.1, 0.15) is 0 Å². The Morgan fingerprint density at radius 2 is 1.90 bits per heavy atom. The summed E-state index contributed by atoms with van der Waals surface area (Å²) < 4.78 is 63.5. The molecule has 2 N–H and O–H groups in total. The Balaban J connectivity index is 2.82. The quantitative estimate of drug-likeness (QED) is 0.747. The third kappa shape index (κ3) is 6.11. The molecular weight excluding hydrogens is 329 g/mol. The van der Waals surface area contributed by atoms with E-state index in [0.717, 1.165) is 12.1 Å². The Bertz CT molecular complexity index is 576. The molecule has 0 atom stereocenters. The molecule has 1 aromatic rings. The molecule has 4 nitrogen and oxygen atoms in total. The first-order chi connectivity index (χ1) is 9.65. The predicted molar refractivity (Wildman–Crippen MR) is 77.0 cm³/mol. The average molecular weight is 345 g/mol. The van der Waals surface area contributed by atoms with Crippen molar-refractivity contribution < 1.29 is 21.6 Å². The van der Waals surface area contributed by atoms with Crippen LogP contribution in [0.1, 0.15) is 18.4 Å². The second-order valence-corrected chi connectivity index (χ2v) is 6.67. The molecule has 0 aliphatic carbocycles. The number of hydrogen-bond donors (Lipinski definition) is 2. The second kappa shape index (κ2) is 7.33. The van der Waals surface area contributed by atoms with E-state index in [1.54, 1.807) is 7.05 Å². The van der Waals surface area contributed by atoms with Gasteiger partial charge in [-0.25, -0.2) is 8.42 Å². The minimum Gasteiger partial charge on any atom is -0.320 e. The maximum atomic E-state index is 12.6. The Hall–Kier alpha value is -0.990. The Kier molecular flexibility index (Phi) is 6.30. The van der Waals surface area contributed by atoms with Gasteiger partial charge in [-0.2, -0.15) is 13.2 Å². The van der Waals surface area contributed by atoms with Crippen LogP contribution in [0, 0.1) is 0 Å². The lowest BCUT2D eigenvalue weighted by molar-refractivity contribution is -0.137. The standard InChI is InChI=1S/C12H16ClF3N2O2S/c1-17-6-2-3-7-21(19,20)18-11-8-9(12(14,15)16)4-5-10(11)13/h4-5,8,17-18H,2-3,6-7H2,1H3. The Labute approximate surface area is 126 Å². The third-order valence-electron chi connectivity index (χ3n) is 2.65. The normalized spacial score (nSPS) is 12.4. The summed E-state index contributed by atoms with van der Waals surface area (Å²) in [6.45, 7) is 0.667. The molecule has 0 aliphatic rings. The fourth-order valence-corrected chi connectivity index (χ4v) is 3.00. The fourth-order valence-electron chi connectivity index (χ4n) is 1.59. The summed E-state index contributed by atoms with van der Waals surface area (Å²) in [5.41, 5.74) is -1.22. The van der Waals surface area contributed by atoms with Gasteiger partial charge in [-0.05, 0) is 44.6 Å². The van der Waals surface area contributed by atoms with Crippen molar-refractivity contribution in [2.45, 2.75) is 19.0 Å². The van der Waals surface area contributed by atoms with Gasteiger partial charge in [0.05, 0.1) is 22.0 Å². The number of anilines is 1. The topological polar surface area (TPSA) is 58.2 Å². The number of benzene rings is 1. The van der Waals surface area contributed by atoms with Gasteiger partial charge in [0.2, 0.25) is 10.0 Å². The van der Waals surface area contributed by atoms with Gasteiger partial charge < -0.3 is 5.32 Å². The van der Waals surface area contributed by atoms with Crippen molar-refractivity contribution in [1.82, 2.24) is 5.32 Å². The molecule has 0 aliphatic heterocycles. The molecule has 0 saturated carbocycles. The molecule has 0 spiro atoms. The van der Waals surface area contributed by atoms with E-state index in [-0.39, 0.29) is 16.5 Å². The summed E-state index contributed by atoms with van der Waals surface area (Å²) in [6.07, 6.45) is -3.52. The molecule has 0 heterocycles. The minimum absolute atomic E-state index is 0.0817. The number of hydrogen-bond acceptors (Lipinski definition) is 3. The van der Waals surface area contributed by atoms with Crippen LogP contribution in [0.15, 0.2) is 18.2 Å². The molecule has 9 heteroatoms. The highest BCUT2D eigenvalue weighted by molar-refractivity contribution is 7.92.